The smallest absolute Gasteiger partial charge is 0.0654 e. The maximum Gasteiger partial charge on any atom is 0.106 e. The maximum absolute atomic E-state index is 2.47. The summed E-state index contributed by atoms with van der Waals surface area (Å²) in [4.78, 5) is 0. The van der Waals surface area contributed by atoms with Crippen molar-refractivity contribution < 1.29 is 0 Å². The average molecular weight is 303 g/mol. The van der Waals surface area contributed by atoms with Crippen molar-refractivity contribution in [3.63, 3.8) is 0 Å². The number of hydrogen-bond acceptors (Lipinski definition) is 0. The van der Waals surface area contributed by atoms with E-state index >= 15 is 0 Å². The summed E-state index contributed by atoms with van der Waals surface area (Å²) in [5.74, 6) is 0. The predicted octanol–water partition coefficient (Wildman–Crippen LogP) is 5.11. The highest BCUT2D eigenvalue weighted by Crippen LogP contribution is 2.60. The quantitative estimate of drug-likeness (QED) is 0.673. The van der Waals surface area contributed by atoms with Crippen molar-refractivity contribution in [2.45, 2.75) is 19.8 Å². The summed E-state index contributed by atoms with van der Waals surface area (Å²) < 4.78 is 0. The van der Waals surface area contributed by atoms with Gasteiger partial charge in [0, 0.05) is 16.8 Å². The fraction of sp³-hybridized carbons (Fsp3) is 0.333. The molecule has 0 spiro atoms. The normalized spacial score (nSPS) is 11.3. The lowest BCUT2D eigenvalue weighted by molar-refractivity contribution is 0.893. The third-order valence-corrected chi connectivity index (χ3v) is 14.6. The lowest BCUT2D eigenvalue weighted by atomic mass is 10.4. The Morgan fingerprint density at radius 2 is 1.25 bits per heavy atom. The molecule has 0 amide bonds. The van der Waals surface area contributed by atoms with Gasteiger partial charge in [0.2, 0.25) is 0 Å². The van der Waals surface area contributed by atoms with Crippen LogP contribution in [0.4, 0.5) is 0 Å². The van der Waals surface area contributed by atoms with Crippen molar-refractivity contribution in [2.75, 3.05) is 19.5 Å². The van der Waals surface area contributed by atoms with E-state index in [2.05, 4.69) is 80.9 Å². The van der Waals surface area contributed by atoms with E-state index in [0.717, 1.165) is 0 Å². The minimum Gasteiger partial charge on any atom is -0.0654 e. The Morgan fingerprint density at radius 1 is 0.800 bits per heavy atom. The summed E-state index contributed by atoms with van der Waals surface area (Å²) in [6.45, 7) is 6.02. The van der Waals surface area contributed by atoms with Crippen molar-refractivity contribution >= 4 is 24.4 Å². The van der Waals surface area contributed by atoms with Crippen LogP contribution in [0.25, 0.3) is 0 Å². The van der Waals surface area contributed by atoms with Gasteiger partial charge >= 0.3 is 0 Å². The Bertz CT molecular complexity index is 538. The first kappa shape index (κ1) is 15.6. The SMILES string of the molecule is CCCCP(c1ccccc1)(c1ccccc1)=[P+](C)C. The average Bonchev–Trinajstić information content (AvgIpc) is 2.50. The van der Waals surface area contributed by atoms with Gasteiger partial charge in [0.15, 0.2) is 0 Å². The largest absolute Gasteiger partial charge is 0.106 e. The number of benzene rings is 2. The van der Waals surface area contributed by atoms with Gasteiger partial charge in [0.1, 0.15) is 6.55 Å². The molecular weight excluding hydrogens is 278 g/mol. The second-order valence-corrected chi connectivity index (χ2v) is 14.5. The van der Waals surface area contributed by atoms with Crippen LogP contribution in [-0.4, -0.2) is 19.5 Å². The monoisotopic (exact) mass is 303 g/mol. The Hall–Kier alpha value is -0.830. The molecular formula is C18H25P2+. The van der Waals surface area contributed by atoms with Crippen molar-refractivity contribution in [2.24, 2.45) is 0 Å². The molecule has 2 aromatic rings. The van der Waals surface area contributed by atoms with Crippen LogP contribution in [-0.2, 0) is 0 Å². The fourth-order valence-electron chi connectivity index (χ4n) is 2.81. The van der Waals surface area contributed by atoms with E-state index in [1.165, 1.54) is 19.0 Å². The molecule has 0 aliphatic rings. The number of rotatable bonds is 5. The summed E-state index contributed by atoms with van der Waals surface area (Å²) in [6, 6.07) is 22.5. The molecule has 2 rings (SSSR count). The topological polar surface area (TPSA) is 0 Å². The molecule has 0 aliphatic heterocycles. The van der Waals surface area contributed by atoms with E-state index in [-0.39, 0.29) is 7.21 Å². The minimum absolute atomic E-state index is 0.00122. The third-order valence-electron chi connectivity index (χ3n) is 3.88. The van der Waals surface area contributed by atoms with Gasteiger partial charge in [-0.1, -0.05) is 74.0 Å². The van der Waals surface area contributed by atoms with Crippen molar-refractivity contribution in [3.05, 3.63) is 60.7 Å². The standard InChI is InChI=1S/C18H25P2/c1-4-5-16-20(19(2)3,17-12-8-6-9-13-17)18-14-10-7-11-15-18/h6-15H,4-5,16H2,1-3H3/q+1. The van der Waals surface area contributed by atoms with Gasteiger partial charge in [-0.2, -0.15) is 0 Å². The van der Waals surface area contributed by atoms with Crippen LogP contribution in [0.15, 0.2) is 60.7 Å². The van der Waals surface area contributed by atoms with E-state index in [1.54, 1.807) is 10.6 Å². The molecule has 0 aliphatic carbocycles. The van der Waals surface area contributed by atoms with Crippen LogP contribution >= 0.6 is 13.8 Å². The number of unbranched alkanes of at least 4 members (excludes halogenated alkanes) is 1. The molecule has 0 saturated heterocycles. The highest BCUT2D eigenvalue weighted by atomic mass is 31.8. The summed E-state index contributed by atoms with van der Waals surface area (Å²) in [7, 11) is -0.00122. The van der Waals surface area contributed by atoms with E-state index < -0.39 is 6.55 Å². The van der Waals surface area contributed by atoms with Gasteiger partial charge in [-0.25, -0.2) is 0 Å². The molecule has 0 nitrogen and oxygen atoms in total. The van der Waals surface area contributed by atoms with E-state index in [1.807, 2.05) is 0 Å². The molecule has 2 aromatic carbocycles. The summed E-state index contributed by atoms with van der Waals surface area (Å²) >= 11 is 0. The molecule has 2 heteroatoms. The molecule has 0 radical (unpaired) electrons. The van der Waals surface area contributed by atoms with Crippen molar-refractivity contribution in [1.82, 2.24) is 0 Å². The van der Waals surface area contributed by atoms with Gasteiger partial charge in [0.25, 0.3) is 0 Å². The summed E-state index contributed by atoms with van der Waals surface area (Å²) in [6.07, 6.45) is 3.97. The fourth-order valence-corrected chi connectivity index (χ4v) is 12.2. The van der Waals surface area contributed by atoms with Gasteiger partial charge in [-0.05, 0) is 6.42 Å². The molecule has 106 valence electrons. The van der Waals surface area contributed by atoms with Crippen molar-refractivity contribution in [3.8, 4) is 0 Å². The Balaban J connectivity index is 2.68. The van der Waals surface area contributed by atoms with Crippen molar-refractivity contribution in [1.29, 1.82) is 0 Å². The highest BCUT2D eigenvalue weighted by Gasteiger charge is 2.31. The van der Waals surface area contributed by atoms with Gasteiger partial charge < -0.3 is 0 Å². The van der Waals surface area contributed by atoms with Crippen LogP contribution in [0.1, 0.15) is 19.8 Å². The number of hydrogen-bond donors (Lipinski definition) is 0. The molecule has 0 atom stereocenters. The van der Waals surface area contributed by atoms with Gasteiger partial charge in [-0.3, -0.25) is 0 Å². The lowest BCUT2D eigenvalue weighted by Gasteiger charge is -2.22. The molecule has 0 bridgehead atoms. The summed E-state index contributed by atoms with van der Waals surface area (Å²) in [5.41, 5.74) is 0. The van der Waals surface area contributed by atoms with Crippen LogP contribution in [0.2, 0.25) is 0 Å². The predicted molar refractivity (Wildman–Crippen MR) is 97.6 cm³/mol. The van der Waals surface area contributed by atoms with E-state index in [9.17, 15) is 0 Å². The summed E-state index contributed by atoms with van der Waals surface area (Å²) in [5, 5.41) is 3.19. The van der Waals surface area contributed by atoms with E-state index in [4.69, 9.17) is 0 Å². The molecule has 0 unspecified atom stereocenters. The van der Waals surface area contributed by atoms with Gasteiger partial charge in [-0.15, -0.1) is 0 Å². The Morgan fingerprint density at radius 3 is 1.60 bits per heavy atom. The minimum atomic E-state index is -1.22. The molecule has 20 heavy (non-hydrogen) atoms. The third kappa shape index (κ3) is 3.08. The molecule has 0 saturated carbocycles. The van der Waals surface area contributed by atoms with E-state index in [0.29, 0.717) is 0 Å². The molecule has 0 aromatic heterocycles. The van der Waals surface area contributed by atoms with Crippen LogP contribution in [0, 0.1) is 0 Å². The van der Waals surface area contributed by atoms with Gasteiger partial charge in [0.05, 0.1) is 20.5 Å². The zero-order chi connectivity index (χ0) is 14.4. The lowest BCUT2D eigenvalue weighted by Crippen LogP contribution is -2.18. The zero-order valence-corrected chi connectivity index (χ0v) is 14.6. The molecule has 0 fully saturated rings. The molecule has 0 N–H and O–H groups in total. The Labute approximate surface area is 124 Å². The first-order chi connectivity index (χ1) is 9.71. The highest BCUT2D eigenvalue weighted by molar-refractivity contribution is 8.19. The second kappa shape index (κ2) is 7.26. The Kier molecular flexibility index (Phi) is 5.64. The van der Waals surface area contributed by atoms with Crippen LogP contribution in [0.5, 0.6) is 0 Å². The maximum atomic E-state index is 2.47. The van der Waals surface area contributed by atoms with Crippen LogP contribution in [0.3, 0.4) is 0 Å². The molecule has 0 heterocycles. The first-order valence-corrected chi connectivity index (χ1v) is 12.3. The van der Waals surface area contributed by atoms with Crippen LogP contribution < -0.4 is 10.6 Å². The first-order valence-electron chi connectivity index (χ1n) is 7.39. The second-order valence-electron chi connectivity index (χ2n) is 5.36. The zero-order valence-electron chi connectivity index (χ0n) is 12.8.